The van der Waals surface area contributed by atoms with Gasteiger partial charge in [-0.25, -0.2) is 9.78 Å². The second-order valence-corrected chi connectivity index (χ2v) is 9.14. The molecule has 6 nitrogen and oxygen atoms in total. The van der Waals surface area contributed by atoms with Gasteiger partial charge < -0.3 is 14.2 Å². The summed E-state index contributed by atoms with van der Waals surface area (Å²) in [4.78, 5) is 29.9. The zero-order chi connectivity index (χ0) is 24.6. The minimum absolute atomic E-state index is 0.276. The zero-order valence-electron chi connectivity index (χ0n) is 18.7. The fourth-order valence-electron chi connectivity index (χ4n) is 4.02. The topological polar surface area (TPSA) is 85.3 Å². The molecule has 1 N–H and O–H groups in total. The molecule has 6 rings (SSSR count). The third kappa shape index (κ3) is 4.21. The molecule has 0 spiro atoms. The number of hydrogen-bond acceptors (Lipinski definition) is 5. The number of nitrogens with one attached hydrogen (secondary N) is 1. The predicted octanol–water partition coefficient (Wildman–Crippen LogP) is 7.28. The van der Waals surface area contributed by atoms with E-state index in [4.69, 9.17) is 8.83 Å². The Labute approximate surface area is 213 Å². The first kappa shape index (κ1) is 22.0. The number of rotatable bonds is 4. The summed E-state index contributed by atoms with van der Waals surface area (Å²) in [5.74, 6) is 0.227. The minimum Gasteiger partial charge on any atom is -0.436 e. The Bertz CT molecular complexity index is 1820. The van der Waals surface area contributed by atoms with Crippen LogP contribution in [0.5, 0.6) is 0 Å². The van der Waals surface area contributed by atoms with E-state index in [1.54, 1.807) is 54.6 Å². The standard InChI is InChI=1S/C29H17BrN2O4/c30-21-6-3-5-20(14-21)28-32-24-16-22(12-13-26(24)35-28)31-27(33)18-10-8-17(9-11-18)23-15-19-4-1-2-7-25(19)36-29(23)34/h1-16H,(H,31,33). The number of aromatic nitrogens is 1. The van der Waals surface area contributed by atoms with Gasteiger partial charge in [0.15, 0.2) is 5.58 Å². The second kappa shape index (κ2) is 8.94. The maximum Gasteiger partial charge on any atom is 0.344 e. The minimum atomic E-state index is -0.422. The van der Waals surface area contributed by atoms with Crippen LogP contribution in [0.25, 0.3) is 44.7 Å². The van der Waals surface area contributed by atoms with Crippen LogP contribution in [-0.4, -0.2) is 10.9 Å². The Morgan fingerprint density at radius 3 is 2.44 bits per heavy atom. The highest BCUT2D eigenvalue weighted by Gasteiger charge is 2.13. The van der Waals surface area contributed by atoms with E-state index >= 15 is 0 Å². The second-order valence-electron chi connectivity index (χ2n) is 8.23. The third-order valence-corrected chi connectivity index (χ3v) is 6.31. The molecule has 0 saturated heterocycles. The van der Waals surface area contributed by atoms with Crippen molar-refractivity contribution in [2.24, 2.45) is 0 Å². The summed E-state index contributed by atoms with van der Waals surface area (Å²) in [7, 11) is 0. The summed E-state index contributed by atoms with van der Waals surface area (Å²) < 4.78 is 12.2. The molecule has 1 amide bonds. The summed E-state index contributed by atoms with van der Waals surface area (Å²) in [6.45, 7) is 0. The number of carbonyl (C=O) groups excluding carboxylic acids is 1. The zero-order valence-corrected chi connectivity index (χ0v) is 20.3. The highest BCUT2D eigenvalue weighted by Crippen LogP contribution is 2.28. The molecule has 0 fully saturated rings. The number of fused-ring (bicyclic) bond motifs is 2. The van der Waals surface area contributed by atoms with E-state index in [-0.39, 0.29) is 5.91 Å². The monoisotopic (exact) mass is 536 g/mol. The molecule has 0 unspecified atom stereocenters. The molecule has 0 atom stereocenters. The smallest absolute Gasteiger partial charge is 0.344 e. The van der Waals surface area contributed by atoms with Crippen molar-refractivity contribution in [2.45, 2.75) is 0 Å². The first-order valence-electron chi connectivity index (χ1n) is 11.1. The summed E-state index contributed by atoms with van der Waals surface area (Å²) in [5.41, 5.74) is 4.41. The maximum absolute atomic E-state index is 12.9. The molecule has 36 heavy (non-hydrogen) atoms. The number of halogens is 1. The number of nitrogens with zero attached hydrogens (tertiary/aromatic N) is 1. The molecule has 0 saturated carbocycles. The largest absolute Gasteiger partial charge is 0.436 e. The van der Waals surface area contributed by atoms with Crippen LogP contribution >= 0.6 is 15.9 Å². The summed E-state index contributed by atoms with van der Waals surface area (Å²) in [6, 6.07) is 29.0. The van der Waals surface area contributed by atoms with Crippen LogP contribution in [0.1, 0.15) is 10.4 Å². The van der Waals surface area contributed by atoms with Gasteiger partial charge in [-0.15, -0.1) is 0 Å². The molecule has 0 aliphatic rings. The van der Waals surface area contributed by atoms with Gasteiger partial charge in [-0.2, -0.15) is 0 Å². The van der Waals surface area contributed by atoms with Crippen LogP contribution in [-0.2, 0) is 0 Å². The number of carbonyl (C=O) groups is 1. The van der Waals surface area contributed by atoms with E-state index in [1.807, 2.05) is 42.5 Å². The van der Waals surface area contributed by atoms with Crippen LogP contribution in [0, 0.1) is 0 Å². The SMILES string of the molecule is O=C(Nc1ccc2oc(-c3cccc(Br)c3)nc2c1)c1ccc(-c2cc3ccccc3oc2=O)cc1. The Morgan fingerprint density at radius 1 is 0.778 bits per heavy atom. The van der Waals surface area contributed by atoms with Gasteiger partial charge in [0.05, 0.1) is 5.56 Å². The van der Waals surface area contributed by atoms with Crippen LogP contribution in [0.2, 0.25) is 0 Å². The van der Waals surface area contributed by atoms with Crippen molar-refractivity contribution in [2.75, 3.05) is 5.32 Å². The molecule has 6 aromatic rings. The van der Waals surface area contributed by atoms with E-state index in [9.17, 15) is 9.59 Å². The van der Waals surface area contributed by atoms with Crippen molar-refractivity contribution in [3.63, 3.8) is 0 Å². The molecule has 0 bridgehead atoms. The van der Waals surface area contributed by atoms with E-state index in [1.165, 1.54) is 0 Å². The van der Waals surface area contributed by atoms with Crippen molar-refractivity contribution in [1.82, 2.24) is 4.98 Å². The average Bonchev–Trinajstić information content (AvgIpc) is 3.32. The summed E-state index contributed by atoms with van der Waals surface area (Å²) in [5, 5.41) is 3.73. The molecular weight excluding hydrogens is 520 g/mol. The van der Waals surface area contributed by atoms with Crippen LogP contribution in [0.4, 0.5) is 5.69 Å². The van der Waals surface area contributed by atoms with Crippen molar-refractivity contribution in [1.29, 1.82) is 0 Å². The van der Waals surface area contributed by atoms with Crippen molar-refractivity contribution >= 4 is 49.6 Å². The fraction of sp³-hybridized carbons (Fsp3) is 0. The molecule has 0 radical (unpaired) electrons. The highest BCUT2D eigenvalue weighted by atomic mass is 79.9. The van der Waals surface area contributed by atoms with Gasteiger partial charge in [0, 0.05) is 26.7 Å². The van der Waals surface area contributed by atoms with Crippen molar-refractivity contribution < 1.29 is 13.6 Å². The van der Waals surface area contributed by atoms with Crippen LogP contribution < -0.4 is 10.9 Å². The molecule has 4 aromatic carbocycles. The number of benzene rings is 4. The average molecular weight is 537 g/mol. The lowest BCUT2D eigenvalue weighted by Crippen LogP contribution is -2.11. The summed E-state index contributed by atoms with van der Waals surface area (Å²) in [6.07, 6.45) is 0. The molecule has 0 aliphatic heterocycles. The normalized spacial score (nSPS) is 11.1. The Kier molecular flexibility index (Phi) is 5.47. The van der Waals surface area contributed by atoms with Gasteiger partial charge in [0.1, 0.15) is 11.1 Å². The lowest BCUT2D eigenvalue weighted by molar-refractivity contribution is 0.102. The Balaban J connectivity index is 1.23. The molecule has 2 aromatic heterocycles. The van der Waals surface area contributed by atoms with E-state index in [0.717, 1.165) is 15.4 Å². The van der Waals surface area contributed by atoms with Gasteiger partial charge in [0.2, 0.25) is 5.89 Å². The third-order valence-electron chi connectivity index (χ3n) is 5.82. The van der Waals surface area contributed by atoms with E-state index in [2.05, 4.69) is 26.2 Å². The number of amides is 1. The van der Waals surface area contributed by atoms with Gasteiger partial charge in [-0.3, -0.25) is 4.79 Å². The first-order chi connectivity index (χ1) is 17.5. The molecule has 0 aliphatic carbocycles. The molecule has 174 valence electrons. The van der Waals surface area contributed by atoms with Gasteiger partial charge in [-0.1, -0.05) is 52.3 Å². The lowest BCUT2D eigenvalue weighted by atomic mass is 10.0. The quantitative estimate of drug-likeness (QED) is 0.239. The fourth-order valence-corrected chi connectivity index (χ4v) is 4.42. The highest BCUT2D eigenvalue weighted by molar-refractivity contribution is 9.10. The lowest BCUT2D eigenvalue weighted by Gasteiger charge is -2.07. The van der Waals surface area contributed by atoms with E-state index in [0.29, 0.717) is 45.0 Å². The van der Waals surface area contributed by atoms with Crippen LogP contribution in [0.15, 0.2) is 115 Å². The number of hydrogen-bond donors (Lipinski definition) is 1. The Morgan fingerprint density at radius 2 is 1.61 bits per heavy atom. The number of oxazole rings is 1. The Hall–Kier alpha value is -4.49. The summed E-state index contributed by atoms with van der Waals surface area (Å²) >= 11 is 3.46. The number of para-hydroxylation sites is 1. The van der Waals surface area contributed by atoms with Crippen molar-refractivity contribution in [3.8, 4) is 22.6 Å². The molecule has 7 heteroatoms. The van der Waals surface area contributed by atoms with Gasteiger partial charge in [0.25, 0.3) is 5.91 Å². The molecular formula is C29H17BrN2O4. The molecule has 2 heterocycles. The maximum atomic E-state index is 12.9. The van der Waals surface area contributed by atoms with Crippen LogP contribution in [0.3, 0.4) is 0 Å². The number of anilines is 1. The first-order valence-corrected chi connectivity index (χ1v) is 11.9. The predicted molar refractivity (Wildman–Crippen MR) is 143 cm³/mol. The van der Waals surface area contributed by atoms with Gasteiger partial charge >= 0.3 is 5.63 Å². The van der Waals surface area contributed by atoms with E-state index < -0.39 is 5.63 Å². The van der Waals surface area contributed by atoms with Crippen molar-refractivity contribution in [3.05, 3.63) is 118 Å². The van der Waals surface area contributed by atoms with Gasteiger partial charge in [-0.05, 0) is 66.2 Å².